The molecule has 0 bridgehead atoms. The standard InChI is InChI=1S/C15H20N2S/c1-10(2)13(9-16)15(17)12-5-6-14-11(8-12)4-3-7-18-14/h5-6,8,10,13,15H,3-4,7,17H2,1-2H3. The van der Waals surface area contributed by atoms with Crippen molar-refractivity contribution in [2.24, 2.45) is 17.6 Å². The second-order valence-electron chi connectivity index (χ2n) is 5.24. The number of thioether (sulfide) groups is 1. The highest BCUT2D eigenvalue weighted by molar-refractivity contribution is 7.99. The topological polar surface area (TPSA) is 49.8 Å². The van der Waals surface area contributed by atoms with E-state index in [1.807, 2.05) is 11.8 Å². The lowest BCUT2D eigenvalue weighted by atomic mass is 9.85. The van der Waals surface area contributed by atoms with Crippen LogP contribution in [0.3, 0.4) is 0 Å². The first-order valence-electron chi connectivity index (χ1n) is 6.54. The van der Waals surface area contributed by atoms with Crippen LogP contribution >= 0.6 is 11.8 Å². The fourth-order valence-electron chi connectivity index (χ4n) is 2.44. The fraction of sp³-hybridized carbons (Fsp3) is 0.533. The van der Waals surface area contributed by atoms with Crippen LogP contribution in [-0.2, 0) is 6.42 Å². The Hall–Kier alpha value is -0.980. The number of nitrogens with zero attached hydrogens (tertiary/aromatic N) is 1. The highest BCUT2D eigenvalue weighted by atomic mass is 32.2. The molecule has 0 fully saturated rings. The summed E-state index contributed by atoms with van der Waals surface area (Å²) in [4.78, 5) is 1.38. The van der Waals surface area contributed by atoms with Crippen molar-refractivity contribution in [3.05, 3.63) is 29.3 Å². The van der Waals surface area contributed by atoms with Crippen LogP contribution < -0.4 is 5.73 Å². The zero-order chi connectivity index (χ0) is 13.1. The van der Waals surface area contributed by atoms with E-state index in [-0.39, 0.29) is 17.9 Å². The van der Waals surface area contributed by atoms with E-state index in [1.54, 1.807) is 0 Å². The molecule has 2 atom stereocenters. The molecule has 2 unspecified atom stereocenters. The van der Waals surface area contributed by atoms with Crippen molar-refractivity contribution in [2.45, 2.75) is 37.6 Å². The van der Waals surface area contributed by atoms with Crippen LogP contribution in [0.15, 0.2) is 23.1 Å². The van der Waals surface area contributed by atoms with Crippen molar-refractivity contribution in [3.63, 3.8) is 0 Å². The molecule has 1 aromatic rings. The zero-order valence-electron chi connectivity index (χ0n) is 11.0. The number of rotatable bonds is 3. The largest absolute Gasteiger partial charge is 0.323 e. The summed E-state index contributed by atoms with van der Waals surface area (Å²) in [5, 5.41) is 9.23. The van der Waals surface area contributed by atoms with Gasteiger partial charge in [-0.1, -0.05) is 26.0 Å². The molecule has 0 aliphatic carbocycles. The molecular formula is C15H20N2S. The number of benzene rings is 1. The Labute approximate surface area is 114 Å². The molecule has 2 rings (SSSR count). The van der Waals surface area contributed by atoms with E-state index in [9.17, 15) is 5.26 Å². The lowest BCUT2D eigenvalue weighted by Gasteiger charge is -2.23. The molecule has 18 heavy (non-hydrogen) atoms. The normalized spacial score (nSPS) is 17.9. The van der Waals surface area contributed by atoms with Gasteiger partial charge < -0.3 is 5.73 Å². The molecule has 0 aromatic heterocycles. The van der Waals surface area contributed by atoms with Gasteiger partial charge in [-0.15, -0.1) is 11.8 Å². The average molecular weight is 260 g/mol. The highest BCUT2D eigenvalue weighted by Gasteiger charge is 2.23. The highest BCUT2D eigenvalue weighted by Crippen LogP contribution is 2.33. The van der Waals surface area contributed by atoms with Gasteiger partial charge >= 0.3 is 0 Å². The molecule has 3 heteroatoms. The summed E-state index contributed by atoms with van der Waals surface area (Å²) in [5.74, 6) is 1.39. The van der Waals surface area contributed by atoms with E-state index in [1.165, 1.54) is 22.6 Å². The van der Waals surface area contributed by atoms with Crippen LogP contribution in [0, 0.1) is 23.2 Å². The molecule has 0 spiro atoms. The summed E-state index contributed by atoms with van der Waals surface area (Å²) >= 11 is 1.92. The Morgan fingerprint density at radius 3 is 2.83 bits per heavy atom. The third-order valence-electron chi connectivity index (χ3n) is 3.57. The summed E-state index contributed by atoms with van der Waals surface area (Å²) in [5.41, 5.74) is 8.76. The van der Waals surface area contributed by atoms with E-state index < -0.39 is 0 Å². The Kier molecular flexibility index (Phi) is 4.31. The Balaban J connectivity index is 2.26. The van der Waals surface area contributed by atoms with E-state index in [2.05, 4.69) is 38.1 Å². The van der Waals surface area contributed by atoms with Crippen molar-refractivity contribution >= 4 is 11.8 Å². The third kappa shape index (κ3) is 2.71. The summed E-state index contributed by atoms with van der Waals surface area (Å²) < 4.78 is 0. The first kappa shape index (κ1) is 13.5. The minimum atomic E-state index is -0.174. The van der Waals surface area contributed by atoms with Gasteiger partial charge in [-0.3, -0.25) is 0 Å². The maximum absolute atomic E-state index is 9.23. The monoisotopic (exact) mass is 260 g/mol. The Bertz CT molecular complexity index is 462. The quantitative estimate of drug-likeness (QED) is 0.904. The molecule has 1 aromatic carbocycles. The zero-order valence-corrected chi connectivity index (χ0v) is 11.8. The van der Waals surface area contributed by atoms with Gasteiger partial charge in [-0.2, -0.15) is 5.26 Å². The minimum Gasteiger partial charge on any atom is -0.323 e. The molecule has 96 valence electrons. The number of nitriles is 1. The smallest absolute Gasteiger partial charge is 0.0679 e. The van der Waals surface area contributed by atoms with Crippen molar-refractivity contribution in [1.29, 1.82) is 5.26 Å². The lowest BCUT2D eigenvalue weighted by molar-refractivity contribution is 0.403. The molecule has 2 N–H and O–H groups in total. The number of fused-ring (bicyclic) bond motifs is 1. The Morgan fingerprint density at radius 2 is 2.17 bits per heavy atom. The number of hydrogen-bond donors (Lipinski definition) is 1. The number of nitrogens with two attached hydrogens (primary N) is 1. The molecular weight excluding hydrogens is 240 g/mol. The van der Waals surface area contributed by atoms with E-state index in [0.29, 0.717) is 0 Å². The summed E-state index contributed by atoms with van der Waals surface area (Å²) in [6.07, 6.45) is 2.38. The van der Waals surface area contributed by atoms with Gasteiger partial charge in [0.05, 0.1) is 12.0 Å². The van der Waals surface area contributed by atoms with Crippen LogP contribution in [0.25, 0.3) is 0 Å². The fourth-order valence-corrected chi connectivity index (χ4v) is 3.46. The van der Waals surface area contributed by atoms with Crippen LogP contribution in [0.4, 0.5) is 0 Å². The van der Waals surface area contributed by atoms with Crippen molar-refractivity contribution < 1.29 is 0 Å². The van der Waals surface area contributed by atoms with E-state index in [4.69, 9.17) is 5.73 Å². The van der Waals surface area contributed by atoms with E-state index >= 15 is 0 Å². The first-order valence-corrected chi connectivity index (χ1v) is 7.53. The average Bonchev–Trinajstić information content (AvgIpc) is 2.38. The molecule has 0 saturated carbocycles. The predicted octanol–water partition coefficient (Wildman–Crippen LogP) is 3.52. The molecule has 0 saturated heterocycles. The summed E-state index contributed by atoms with van der Waals surface area (Å²) in [7, 11) is 0. The van der Waals surface area contributed by atoms with Gasteiger partial charge in [-0.25, -0.2) is 0 Å². The maximum atomic E-state index is 9.23. The first-order chi connectivity index (χ1) is 8.63. The van der Waals surface area contributed by atoms with Gasteiger partial charge in [-0.05, 0) is 41.7 Å². The van der Waals surface area contributed by atoms with Gasteiger partial charge in [0.25, 0.3) is 0 Å². The molecule has 1 aliphatic heterocycles. The lowest BCUT2D eigenvalue weighted by Crippen LogP contribution is -2.24. The molecule has 0 radical (unpaired) electrons. The second-order valence-corrected chi connectivity index (χ2v) is 6.38. The van der Waals surface area contributed by atoms with Gasteiger partial charge in [0.2, 0.25) is 0 Å². The van der Waals surface area contributed by atoms with E-state index in [0.717, 1.165) is 12.0 Å². The Morgan fingerprint density at radius 1 is 1.39 bits per heavy atom. The number of hydrogen-bond acceptors (Lipinski definition) is 3. The van der Waals surface area contributed by atoms with Crippen LogP contribution in [0.1, 0.15) is 37.4 Å². The van der Waals surface area contributed by atoms with Crippen LogP contribution in [-0.4, -0.2) is 5.75 Å². The SMILES string of the molecule is CC(C)C(C#N)C(N)c1ccc2c(c1)CCCS2. The van der Waals surface area contributed by atoms with Crippen molar-refractivity contribution in [3.8, 4) is 6.07 Å². The third-order valence-corrected chi connectivity index (χ3v) is 4.77. The maximum Gasteiger partial charge on any atom is 0.0679 e. The molecule has 1 aliphatic rings. The van der Waals surface area contributed by atoms with Gasteiger partial charge in [0.1, 0.15) is 0 Å². The molecule has 2 nitrogen and oxygen atoms in total. The number of aryl methyl sites for hydroxylation is 1. The van der Waals surface area contributed by atoms with Crippen molar-refractivity contribution in [1.82, 2.24) is 0 Å². The summed E-state index contributed by atoms with van der Waals surface area (Å²) in [6.45, 7) is 4.12. The minimum absolute atomic E-state index is 0.112. The van der Waals surface area contributed by atoms with Crippen LogP contribution in [0.2, 0.25) is 0 Å². The van der Waals surface area contributed by atoms with Crippen molar-refractivity contribution in [2.75, 3.05) is 5.75 Å². The van der Waals surface area contributed by atoms with Gasteiger partial charge in [0.15, 0.2) is 0 Å². The summed E-state index contributed by atoms with van der Waals surface area (Å²) in [6, 6.07) is 8.64. The van der Waals surface area contributed by atoms with Gasteiger partial charge in [0, 0.05) is 10.9 Å². The molecule has 1 heterocycles. The predicted molar refractivity (Wildman–Crippen MR) is 76.4 cm³/mol. The second kappa shape index (κ2) is 5.77. The van der Waals surface area contributed by atoms with Crippen LogP contribution in [0.5, 0.6) is 0 Å². The molecule has 0 amide bonds.